The number of rotatable bonds is 15. The number of primary amides is 1. The zero-order chi connectivity index (χ0) is 29.8. The second-order valence-corrected chi connectivity index (χ2v) is 8.96. The lowest BCUT2D eigenvalue weighted by Gasteiger charge is -2.25. The van der Waals surface area contributed by atoms with Gasteiger partial charge in [-0.2, -0.15) is 0 Å². The maximum Gasteiger partial charge on any atom is 0.326 e. The molecule has 4 unspecified atom stereocenters. The number of nitrogens with two attached hydrogens (primary N) is 2. The second-order valence-electron chi connectivity index (χ2n) is 8.96. The van der Waals surface area contributed by atoms with Crippen LogP contribution in [0.1, 0.15) is 24.0 Å². The summed E-state index contributed by atoms with van der Waals surface area (Å²) in [5.74, 6) is -6.60. The molecule has 14 nitrogen and oxygen atoms in total. The molecule has 10 N–H and O–H groups in total. The minimum atomic E-state index is -1.76. The summed E-state index contributed by atoms with van der Waals surface area (Å²) in [6.07, 6.45) is -1.60. The largest absolute Gasteiger partial charge is 0.508 e. The van der Waals surface area contributed by atoms with E-state index >= 15 is 0 Å². The van der Waals surface area contributed by atoms with Crippen LogP contribution in [0.15, 0.2) is 54.6 Å². The van der Waals surface area contributed by atoms with Gasteiger partial charge in [0.15, 0.2) is 0 Å². The first-order valence-electron chi connectivity index (χ1n) is 12.1. The van der Waals surface area contributed by atoms with E-state index in [2.05, 4.69) is 16.0 Å². The summed E-state index contributed by atoms with van der Waals surface area (Å²) in [5.41, 5.74) is 11.9. The summed E-state index contributed by atoms with van der Waals surface area (Å²) in [7, 11) is 0. The van der Waals surface area contributed by atoms with Crippen LogP contribution in [0.4, 0.5) is 0 Å². The van der Waals surface area contributed by atoms with E-state index in [-0.39, 0.29) is 18.6 Å². The van der Waals surface area contributed by atoms with Crippen molar-refractivity contribution < 1.29 is 44.1 Å². The number of carbonyl (C=O) groups is 6. The standard InChI is InChI=1S/C26H31N5O9/c27-17(12-21(28)33)23(36)29-18(11-15-6-8-16(32)9-7-15)24(37)30-19(10-14-4-2-1-3-5-14)25(38)31-20(26(39)40)13-22(34)35/h1-9,17-20,32H,10-13,27H2,(H2,28,33)(H,29,36)(H,30,37)(H,31,38)(H,34,35)(H,39,40). The molecule has 40 heavy (non-hydrogen) atoms. The molecule has 0 aromatic heterocycles. The number of hydrogen-bond acceptors (Lipinski definition) is 8. The van der Waals surface area contributed by atoms with Crippen molar-refractivity contribution in [3.63, 3.8) is 0 Å². The molecular formula is C26H31N5O9. The van der Waals surface area contributed by atoms with Gasteiger partial charge in [0, 0.05) is 12.8 Å². The van der Waals surface area contributed by atoms with Crippen LogP contribution < -0.4 is 27.4 Å². The van der Waals surface area contributed by atoms with Gasteiger partial charge in [-0.25, -0.2) is 4.79 Å². The number of amides is 4. The van der Waals surface area contributed by atoms with Crippen LogP contribution in [-0.4, -0.2) is 75.1 Å². The normalized spacial score (nSPS) is 13.6. The summed E-state index contributed by atoms with van der Waals surface area (Å²) in [6.45, 7) is 0. The Morgan fingerprint density at radius 2 is 1.15 bits per heavy atom. The minimum absolute atomic E-state index is 0.0359. The van der Waals surface area contributed by atoms with E-state index in [9.17, 15) is 39.0 Å². The van der Waals surface area contributed by atoms with Gasteiger partial charge in [-0.05, 0) is 23.3 Å². The smallest absolute Gasteiger partial charge is 0.326 e. The van der Waals surface area contributed by atoms with Crippen molar-refractivity contribution in [2.45, 2.75) is 49.9 Å². The zero-order valence-electron chi connectivity index (χ0n) is 21.3. The third-order valence-corrected chi connectivity index (χ3v) is 5.68. The van der Waals surface area contributed by atoms with E-state index in [1.54, 1.807) is 30.3 Å². The van der Waals surface area contributed by atoms with E-state index in [1.807, 2.05) is 0 Å². The quantitative estimate of drug-likeness (QED) is 0.124. The highest BCUT2D eigenvalue weighted by atomic mass is 16.4. The highest BCUT2D eigenvalue weighted by Crippen LogP contribution is 2.12. The van der Waals surface area contributed by atoms with E-state index in [1.165, 1.54) is 24.3 Å². The van der Waals surface area contributed by atoms with Gasteiger partial charge in [-0.1, -0.05) is 42.5 Å². The first-order chi connectivity index (χ1) is 18.8. The molecule has 0 heterocycles. The van der Waals surface area contributed by atoms with Crippen LogP contribution in [0, 0.1) is 0 Å². The third kappa shape index (κ3) is 10.4. The molecule has 214 valence electrons. The number of benzene rings is 2. The molecule has 4 amide bonds. The number of carboxylic acid groups (broad SMARTS) is 2. The van der Waals surface area contributed by atoms with Crippen molar-refractivity contribution >= 4 is 35.6 Å². The molecule has 0 radical (unpaired) electrons. The van der Waals surface area contributed by atoms with Gasteiger partial charge in [-0.3, -0.25) is 24.0 Å². The van der Waals surface area contributed by atoms with Gasteiger partial charge in [0.05, 0.1) is 18.9 Å². The monoisotopic (exact) mass is 557 g/mol. The molecule has 0 saturated carbocycles. The third-order valence-electron chi connectivity index (χ3n) is 5.68. The summed E-state index contributed by atoms with van der Waals surface area (Å²) < 4.78 is 0. The maximum atomic E-state index is 13.4. The first-order valence-corrected chi connectivity index (χ1v) is 12.1. The van der Waals surface area contributed by atoms with Crippen molar-refractivity contribution in [2.75, 3.05) is 0 Å². The zero-order valence-corrected chi connectivity index (χ0v) is 21.3. The van der Waals surface area contributed by atoms with Gasteiger partial charge < -0.3 is 42.7 Å². The Bertz CT molecular complexity index is 1220. The SMILES string of the molecule is NC(=O)CC(N)C(=O)NC(Cc1ccc(O)cc1)C(=O)NC(Cc1ccccc1)C(=O)NC(CC(=O)O)C(=O)O. The Morgan fingerprint density at radius 1 is 0.675 bits per heavy atom. The predicted molar refractivity (Wildman–Crippen MR) is 139 cm³/mol. The highest BCUT2D eigenvalue weighted by Gasteiger charge is 2.31. The van der Waals surface area contributed by atoms with Crippen LogP contribution in [0.3, 0.4) is 0 Å². The van der Waals surface area contributed by atoms with Crippen LogP contribution in [0.2, 0.25) is 0 Å². The van der Waals surface area contributed by atoms with Gasteiger partial charge in [-0.15, -0.1) is 0 Å². The van der Waals surface area contributed by atoms with E-state index < -0.39 is 72.6 Å². The number of carbonyl (C=O) groups excluding carboxylic acids is 4. The predicted octanol–water partition coefficient (Wildman–Crippen LogP) is -1.61. The van der Waals surface area contributed by atoms with E-state index in [0.29, 0.717) is 11.1 Å². The van der Waals surface area contributed by atoms with Crippen LogP contribution in [-0.2, 0) is 41.6 Å². The Labute approximate surface area is 228 Å². The number of aromatic hydroxyl groups is 1. The molecule has 0 aliphatic heterocycles. The lowest BCUT2D eigenvalue weighted by Crippen LogP contribution is -2.58. The topological polar surface area (TPSA) is 251 Å². The molecule has 0 saturated heterocycles. The number of phenols is 1. The van der Waals surface area contributed by atoms with Crippen molar-refractivity contribution in [3.05, 3.63) is 65.7 Å². The molecule has 0 aliphatic rings. The summed E-state index contributed by atoms with van der Waals surface area (Å²) >= 11 is 0. The summed E-state index contributed by atoms with van der Waals surface area (Å²) in [5, 5.41) is 34.9. The molecule has 0 aliphatic carbocycles. The van der Waals surface area contributed by atoms with Gasteiger partial charge in [0.1, 0.15) is 23.9 Å². The van der Waals surface area contributed by atoms with E-state index in [4.69, 9.17) is 16.6 Å². The first kappa shape index (κ1) is 31.2. The number of phenolic OH excluding ortho intramolecular Hbond substituents is 1. The average molecular weight is 558 g/mol. The molecule has 4 atom stereocenters. The van der Waals surface area contributed by atoms with Gasteiger partial charge >= 0.3 is 11.9 Å². The highest BCUT2D eigenvalue weighted by molar-refractivity contribution is 5.95. The number of nitrogens with one attached hydrogen (secondary N) is 3. The lowest BCUT2D eigenvalue weighted by molar-refractivity contribution is -0.147. The Balaban J connectivity index is 2.33. The molecule has 2 aromatic rings. The van der Waals surface area contributed by atoms with Crippen molar-refractivity contribution in [1.82, 2.24) is 16.0 Å². The molecule has 14 heteroatoms. The summed E-state index contributed by atoms with van der Waals surface area (Å²) in [6, 6.07) is 8.34. The fraction of sp³-hybridized carbons (Fsp3) is 0.308. The molecular weight excluding hydrogens is 526 g/mol. The number of carboxylic acids is 2. The number of aliphatic carboxylic acids is 2. The molecule has 0 spiro atoms. The lowest BCUT2D eigenvalue weighted by atomic mass is 10.0. The number of hydrogen-bond donors (Lipinski definition) is 8. The van der Waals surface area contributed by atoms with Crippen molar-refractivity contribution in [2.24, 2.45) is 11.5 Å². The van der Waals surface area contributed by atoms with Crippen LogP contribution in [0.5, 0.6) is 5.75 Å². The van der Waals surface area contributed by atoms with Crippen LogP contribution in [0.25, 0.3) is 0 Å². The molecule has 0 bridgehead atoms. The Hall–Kier alpha value is -4.98. The van der Waals surface area contributed by atoms with Crippen molar-refractivity contribution in [3.8, 4) is 5.75 Å². The Kier molecular flexibility index (Phi) is 11.6. The van der Waals surface area contributed by atoms with E-state index in [0.717, 1.165) is 0 Å². The fourth-order valence-corrected chi connectivity index (χ4v) is 3.64. The van der Waals surface area contributed by atoms with Crippen molar-refractivity contribution in [1.29, 1.82) is 0 Å². The summed E-state index contributed by atoms with van der Waals surface area (Å²) in [4.78, 5) is 72.8. The Morgan fingerprint density at radius 3 is 1.62 bits per heavy atom. The van der Waals surface area contributed by atoms with Gasteiger partial charge in [0.2, 0.25) is 23.6 Å². The molecule has 0 fully saturated rings. The maximum absolute atomic E-state index is 13.4. The van der Waals surface area contributed by atoms with Crippen LogP contribution >= 0.6 is 0 Å². The molecule has 2 rings (SSSR count). The second kappa shape index (κ2) is 14.8. The average Bonchev–Trinajstić information content (AvgIpc) is 2.88. The molecule has 2 aromatic carbocycles. The fourth-order valence-electron chi connectivity index (χ4n) is 3.64. The minimum Gasteiger partial charge on any atom is -0.508 e. The van der Waals surface area contributed by atoms with Gasteiger partial charge in [0.25, 0.3) is 0 Å².